The number of hydrogen-bond acceptors (Lipinski definition) is 3. The van der Waals surface area contributed by atoms with Crippen LogP contribution in [0.15, 0.2) is 16.8 Å². The second-order valence-electron chi connectivity index (χ2n) is 5.53. The van der Waals surface area contributed by atoms with E-state index in [1.807, 2.05) is 0 Å². The van der Waals surface area contributed by atoms with Crippen molar-refractivity contribution in [1.29, 1.82) is 0 Å². The fourth-order valence-corrected chi connectivity index (χ4v) is 3.68. The van der Waals surface area contributed by atoms with Crippen molar-refractivity contribution in [1.82, 2.24) is 4.90 Å². The van der Waals surface area contributed by atoms with Gasteiger partial charge in [-0.05, 0) is 60.7 Å². The number of thiophene rings is 1. The van der Waals surface area contributed by atoms with Crippen LogP contribution in [0.2, 0.25) is 0 Å². The maximum Gasteiger partial charge on any atom is 0.0242 e. The molecule has 1 saturated carbocycles. The molecule has 96 valence electrons. The fraction of sp³-hybridized carbons (Fsp3) is 0.714. The zero-order chi connectivity index (χ0) is 12.3. The summed E-state index contributed by atoms with van der Waals surface area (Å²) in [6.45, 7) is 4.28. The predicted octanol–water partition coefficient (Wildman–Crippen LogP) is 2.94. The molecule has 1 aliphatic rings. The summed E-state index contributed by atoms with van der Waals surface area (Å²) in [5.41, 5.74) is 7.36. The Morgan fingerprint density at radius 1 is 1.47 bits per heavy atom. The van der Waals surface area contributed by atoms with Crippen molar-refractivity contribution in [2.75, 3.05) is 13.6 Å². The summed E-state index contributed by atoms with van der Waals surface area (Å²) in [6.07, 6.45) is 3.96. The Morgan fingerprint density at radius 2 is 2.29 bits per heavy atom. The van der Waals surface area contributed by atoms with Gasteiger partial charge in [0.25, 0.3) is 0 Å². The second kappa shape index (κ2) is 5.98. The molecule has 0 saturated heterocycles. The highest BCUT2D eigenvalue weighted by Gasteiger charge is 2.30. The van der Waals surface area contributed by atoms with E-state index in [9.17, 15) is 0 Å². The van der Waals surface area contributed by atoms with Gasteiger partial charge in [0.15, 0.2) is 0 Å². The summed E-state index contributed by atoms with van der Waals surface area (Å²) in [7, 11) is 2.25. The van der Waals surface area contributed by atoms with Crippen LogP contribution < -0.4 is 5.73 Å². The van der Waals surface area contributed by atoms with Gasteiger partial charge < -0.3 is 5.73 Å². The second-order valence-corrected chi connectivity index (χ2v) is 6.31. The van der Waals surface area contributed by atoms with Crippen LogP contribution in [0, 0.1) is 11.8 Å². The molecule has 0 aliphatic heterocycles. The van der Waals surface area contributed by atoms with E-state index in [1.54, 1.807) is 11.3 Å². The van der Waals surface area contributed by atoms with E-state index in [0.29, 0.717) is 12.0 Å². The van der Waals surface area contributed by atoms with E-state index in [0.717, 1.165) is 19.0 Å². The Hall–Kier alpha value is -0.380. The largest absolute Gasteiger partial charge is 0.330 e. The fourth-order valence-electron chi connectivity index (χ4n) is 3.02. The van der Waals surface area contributed by atoms with Crippen molar-refractivity contribution in [3.63, 3.8) is 0 Å². The molecule has 0 aromatic carbocycles. The first-order chi connectivity index (χ1) is 8.20. The van der Waals surface area contributed by atoms with Crippen molar-refractivity contribution in [2.45, 2.75) is 38.8 Å². The summed E-state index contributed by atoms with van der Waals surface area (Å²) < 4.78 is 0. The van der Waals surface area contributed by atoms with E-state index in [2.05, 4.69) is 35.7 Å². The number of rotatable bonds is 4. The summed E-state index contributed by atoms with van der Waals surface area (Å²) in [6, 6.07) is 2.90. The molecule has 0 spiro atoms. The maximum atomic E-state index is 5.93. The molecular formula is C14H24N2S. The van der Waals surface area contributed by atoms with E-state index in [4.69, 9.17) is 5.73 Å². The van der Waals surface area contributed by atoms with Crippen LogP contribution >= 0.6 is 11.3 Å². The molecule has 1 aromatic heterocycles. The lowest BCUT2D eigenvalue weighted by Crippen LogP contribution is -2.44. The van der Waals surface area contributed by atoms with E-state index in [1.165, 1.54) is 24.8 Å². The van der Waals surface area contributed by atoms with Gasteiger partial charge in [-0.25, -0.2) is 0 Å². The molecule has 3 heteroatoms. The van der Waals surface area contributed by atoms with Crippen molar-refractivity contribution < 1.29 is 0 Å². The molecule has 1 aromatic rings. The topological polar surface area (TPSA) is 29.3 Å². The van der Waals surface area contributed by atoms with E-state index < -0.39 is 0 Å². The third-order valence-corrected chi connectivity index (χ3v) is 4.83. The average Bonchev–Trinajstić information content (AvgIpc) is 2.81. The van der Waals surface area contributed by atoms with Gasteiger partial charge in [0.2, 0.25) is 0 Å². The maximum absolute atomic E-state index is 5.93. The van der Waals surface area contributed by atoms with Gasteiger partial charge in [-0.15, -0.1) is 0 Å². The van der Waals surface area contributed by atoms with Crippen LogP contribution in [0.5, 0.6) is 0 Å². The quantitative estimate of drug-likeness (QED) is 0.892. The van der Waals surface area contributed by atoms with Crippen LogP contribution in [-0.4, -0.2) is 24.5 Å². The van der Waals surface area contributed by atoms with Crippen molar-refractivity contribution in [2.24, 2.45) is 17.6 Å². The molecule has 2 rings (SSSR count). The highest BCUT2D eigenvalue weighted by Crippen LogP contribution is 2.31. The monoisotopic (exact) mass is 252 g/mol. The first-order valence-corrected chi connectivity index (χ1v) is 7.56. The molecule has 1 fully saturated rings. The van der Waals surface area contributed by atoms with E-state index in [-0.39, 0.29) is 0 Å². The lowest BCUT2D eigenvalue weighted by Gasteiger charge is -2.40. The van der Waals surface area contributed by atoms with Crippen LogP contribution in [0.3, 0.4) is 0 Å². The van der Waals surface area contributed by atoms with Gasteiger partial charge in [-0.3, -0.25) is 4.90 Å². The highest BCUT2D eigenvalue weighted by molar-refractivity contribution is 7.07. The molecule has 1 aliphatic carbocycles. The number of hydrogen-bond donors (Lipinski definition) is 1. The molecular weight excluding hydrogens is 228 g/mol. The number of nitrogens with two attached hydrogens (primary N) is 1. The Morgan fingerprint density at radius 3 is 2.94 bits per heavy atom. The summed E-state index contributed by atoms with van der Waals surface area (Å²) in [5.74, 6) is 1.54. The standard InChI is InChI=1S/C14H24N2S/c1-11-3-4-13(8-15)14(7-11)16(2)9-12-5-6-17-10-12/h5-6,10-11,13-14H,3-4,7-9,15H2,1-2H3. The highest BCUT2D eigenvalue weighted by atomic mass is 32.1. The SMILES string of the molecule is CC1CCC(CN)C(N(C)Cc2ccsc2)C1. The molecule has 2 nitrogen and oxygen atoms in total. The van der Waals surface area contributed by atoms with Gasteiger partial charge in [0, 0.05) is 12.6 Å². The third kappa shape index (κ3) is 3.30. The average molecular weight is 252 g/mol. The van der Waals surface area contributed by atoms with Crippen LogP contribution in [0.25, 0.3) is 0 Å². The Balaban J connectivity index is 1.97. The van der Waals surface area contributed by atoms with Crippen molar-refractivity contribution in [3.05, 3.63) is 22.4 Å². The van der Waals surface area contributed by atoms with Gasteiger partial charge >= 0.3 is 0 Å². The predicted molar refractivity (Wildman–Crippen MR) is 75.1 cm³/mol. The van der Waals surface area contributed by atoms with Gasteiger partial charge in [0.05, 0.1) is 0 Å². The summed E-state index contributed by atoms with van der Waals surface area (Å²) in [5, 5.41) is 4.41. The molecule has 0 amide bonds. The Bertz CT molecular complexity index is 323. The minimum absolute atomic E-state index is 0.670. The Kier molecular flexibility index (Phi) is 4.60. The number of nitrogens with zero attached hydrogens (tertiary/aromatic N) is 1. The summed E-state index contributed by atoms with van der Waals surface area (Å²) >= 11 is 1.78. The molecule has 3 unspecified atom stereocenters. The van der Waals surface area contributed by atoms with Gasteiger partial charge in [-0.1, -0.05) is 13.3 Å². The van der Waals surface area contributed by atoms with E-state index >= 15 is 0 Å². The van der Waals surface area contributed by atoms with Crippen LogP contribution in [-0.2, 0) is 6.54 Å². The van der Waals surface area contributed by atoms with Crippen molar-refractivity contribution in [3.8, 4) is 0 Å². The first-order valence-electron chi connectivity index (χ1n) is 6.62. The molecule has 0 bridgehead atoms. The van der Waals surface area contributed by atoms with Gasteiger partial charge in [0.1, 0.15) is 0 Å². The van der Waals surface area contributed by atoms with Crippen LogP contribution in [0.4, 0.5) is 0 Å². The molecule has 2 N–H and O–H groups in total. The van der Waals surface area contributed by atoms with Crippen molar-refractivity contribution >= 4 is 11.3 Å². The zero-order valence-corrected chi connectivity index (χ0v) is 11.7. The molecule has 0 radical (unpaired) electrons. The molecule has 1 heterocycles. The van der Waals surface area contributed by atoms with Crippen LogP contribution in [0.1, 0.15) is 31.7 Å². The smallest absolute Gasteiger partial charge is 0.0242 e. The lowest BCUT2D eigenvalue weighted by atomic mass is 9.78. The minimum Gasteiger partial charge on any atom is -0.330 e. The summed E-state index contributed by atoms with van der Waals surface area (Å²) in [4.78, 5) is 2.51. The molecule has 17 heavy (non-hydrogen) atoms. The third-order valence-electron chi connectivity index (χ3n) is 4.10. The zero-order valence-electron chi connectivity index (χ0n) is 10.9. The normalized spacial score (nSPS) is 29.8. The van der Waals surface area contributed by atoms with Gasteiger partial charge in [-0.2, -0.15) is 11.3 Å². The minimum atomic E-state index is 0.670. The first kappa shape index (κ1) is 13.1. The Labute approximate surface area is 109 Å². The molecule has 3 atom stereocenters. The lowest BCUT2D eigenvalue weighted by molar-refractivity contribution is 0.103.